The van der Waals surface area contributed by atoms with Gasteiger partial charge in [-0.15, -0.1) is 0 Å². The Morgan fingerprint density at radius 2 is 1.80 bits per heavy atom. The molecular weight excluding hydrogens is 346 g/mol. The van der Waals surface area contributed by atoms with Crippen LogP contribution in [0.4, 0.5) is 0 Å². The number of ether oxygens (including phenoxy) is 2. The van der Waals surface area contributed by atoms with Crippen molar-refractivity contribution in [3.05, 3.63) is 29.8 Å². The number of carbonyl (C=O) groups excluding carboxylic acids is 2. The Bertz CT molecular complexity index is 728. The molecule has 0 aliphatic carbocycles. The molecule has 1 fully saturated rings. The first kappa shape index (κ1) is 19.4. The molecule has 7 nitrogen and oxygen atoms in total. The van der Waals surface area contributed by atoms with E-state index in [2.05, 4.69) is 4.74 Å². The molecule has 1 aromatic rings. The Morgan fingerprint density at radius 3 is 2.36 bits per heavy atom. The van der Waals surface area contributed by atoms with Gasteiger partial charge >= 0.3 is 11.9 Å². The van der Waals surface area contributed by atoms with Crippen molar-refractivity contribution in [2.45, 2.75) is 37.1 Å². The van der Waals surface area contributed by atoms with E-state index < -0.39 is 33.9 Å². The normalized spacial score (nSPS) is 21.1. The molecule has 25 heavy (non-hydrogen) atoms. The number of nitrogens with zero attached hydrogens (tertiary/aromatic N) is 1. The largest absolute Gasteiger partial charge is 0.469 e. The van der Waals surface area contributed by atoms with E-state index in [1.54, 1.807) is 24.3 Å². The average Bonchev–Trinajstić information content (AvgIpc) is 3.04. The molecule has 1 aliphatic heterocycles. The number of hydrogen-bond donors (Lipinski definition) is 0. The van der Waals surface area contributed by atoms with Gasteiger partial charge < -0.3 is 9.47 Å². The highest BCUT2D eigenvalue weighted by Crippen LogP contribution is 2.33. The minimum atomic E-state index is -3.76. The quantitative estimate of drug-likeness (QED) is 0.706. The number of esters is 2. The van der Waals surface area contributed by atoms with Crippen molar-refractivity contribution in [1.82, 2.24) is 4.31 Å². The number of sulfonamides is 1. The topological polar surface area (TPSA) is 90.0 Å². The summed E-state index contributed by atoms with van der Waals surface area (Å²) in [6.45, 7) is 2.08. The fourth-order valence-corrected chi connectivity index (χ4v) is 4.81. The van der Waals surface area contributed by atoms with E-state index in [4.69, 9.17) is 4.74 Å². The Morgan fingerprint density at radius 1 is 1.16 bits per heavy atom. The molecule has 0 amide bonds. The Kier molecular flexibility index (Phi) is 6.18. The lowest BCUT2D eigenvalue weighted by atomic mass is 9.97. The third-order valence-electron chi connectivity index (χ3n) is 4.50. The zero-order chi connectivity index (χ0) is 18.6. The molecule has 0 unspecified atom stereocenters. The van der Waals surface area contributed by atoms with Gasteiger partial charge in [0.25, 0.3) is 0 Å². The molecular formula is C17H23NO6S. The van der Waals surface area contributed by atoms with Gasteiger partial charge in [-0.25, -0.2) is 8.42 Å². The van der Waals surface area contributed by atoms with Gasteiger partial charge in [-0.05, 0) is 31.9 Å². The van der Waals surface area contributed by atoms with Crippen LogP contribution in [0.2, 0.25) is 0 Å². The standard InChI is InChI=1S/C17H23NO6S/c1-12-4-6-13(7-5-12)25(21,22)18-11-10-14(17(20)24-3)15(18)8-9-16(19)23-2/h4-7,14-15H,8-11H2,1-3H3/t14-,15+/m1/s1. The number of hydrogen-bond acceptors (Lipinski definition) is 6. The molecule has 0 radical (unpaired) electrons. The van der Waals surface area contributed by atoms with Gasteiger partial charge in [0.1, 0.15) is 0 Å². The maximum absolute atomic E-state index is 13.0. The Labute approximate surface area is 148 Å². The molecule has 0 bridgehead atoms. The molecule has 1 saturated heterocycles. The van der Waals surface area contributed by atoms with E-state index in [-0.39, 0.29) is 24.3 Å². The molecule has 8 heteroatoms. The molecule has 0 aromatic heterocycles. The molecule has 0 saturated carbocycles. The summed E-state index contributed by atoms with van der Waals surface area (Å²) in [6, 6.07) is 5.92. The zero-order valence-corrected chi connectivity index (χ0v) is 15.4. The average molecular weight is 369 g/mol. The van der Waals surface area contributed by atoms with Crippen LogP contribution < -0.4 is 0 Å². The summed E-state index contributed by atoms with van der Waals surface area (Å²) in [7, 11) is -1.21. The van der Waals surface area contributed by atoms with E-state index in [0.717, 1.165) is 5.56 Å². The highest BCUT2D eigenvalue weighted by molar-refractivity contribution is 7.89. The van der Waals surface area contributed by atoms with Gasteiger partial charge in [-0.2, -0.15) is 4.31 Å². The van der Waals surface area contributed by atoms with E-state index in [1.807, 2.05) is 6.92 Å². The summed E-state index contributed by atoms with van der Waals surface area (Å²) in [5.74, 6) is -1.49. The second-order valence-corrected chi connectivity index (χ2v) is 7.92. The Hall–Kier alpha value is -1.93. The number of carbonyl (C=O) groups is 2. The number of aryl methyl sites for hydroxylation is 1. The lowest BCUT2D eigenvalue weighted by molar-refractivity contribution is -0.147. The van der Waals surface area contributed by atoms with Gasteiger partial charge in [0, 0.05) is 19.0 Å². The predicted molar refractivity (Wildman–Crippen MR) is 90.2 cm³/mol. The lowest BCUT2D eigenvalue weighted by Crippen LogP contribution is -2.40. The van der Waals surface area contributed by atoms with E-state index in [1.165, 1.54) is 18.5 Å². The van der Waals surface area contributed by atoms with E-state index >= 15 is 0 Å². The highest BCUT2D eigenvalue weighted by Gasteiger charge is 2.45. The minimum absolute atomic E-state index is 0.0363. The predicted octanol–water partition coefficient (Wildman–Crippen LogP) is 1.50. The molecule has 1 aromatic carbocycles. The zero-order valence-electron chi connectivity index (χ0n) is 14.6. The smallest absolute Gasteiger partial charge is 0.310 e. The Balaban J connectivity index is 2.31. The van der Waals surface area contributed by atoms with Crippen LogP contribution >= 0.6 is 0 Å². The van der Waals surface area contributed by atoms with Crippen molar-refractivity contribution in [3.63, 3.8) is 0 Å². The summed E-state index contributed by atoms with van der Waals surface area (Å²) in [4.78, 5) is 23.7. The number of methoxy groups -OCH3 is 2. The van der Waals surface area contributed by atoms with Crippen molar-refractivity contribution >= 4 is 22.0 Å². The van der Waals surface area contributed by atoms with Gasteiger partial charge in [-0.3, -0.25) is 9.59 Å². The van der Waals surface area contributed by atoms with Gasteiger partial charge in [0.2, 0.25) is 10.0 Å². The lowest BCUT2D eigenvalue weighted by Gasteiger charge is -2.26. The van der Waals surface area contributed by atoms with Crippen molar-refractivity contribution in [1.29, 1.82) is 0 Å². The van der Waals surface area contributed by atoms with E-state index in [0.29, 0.717) is 6.42 Å². The highest BCUT2D eigenvalue weighted by atomic mass is 32.2. The maximum Gasteiger partial charge on any atom is 0.310 e. The fraction of sp³-hybridized carbons (Fsp3) is 0.529. The van der Waals surface area contributed by atoms with Crippen molar-refractivity contribution in [2.24, 2.45) is 5.92 Å². The van der Waals surface area contributed by atoms with Gasteiger partial charge in [0.05, 0.1) is 25.0 Å². The van der Waals surface area contributed by atoms with Crippen molar-refractivity contribution in [2.75, 3.05) is 20.8 Å². The first-order valence-corrected chi connectivity index (χ1v) is 9.48. The summed E-state index contributed by atoms with van der Waals surface area (Å²) in [6.07, 6.45) is 0.607. The molecule has 0 spiro atoms. The van der Waals surface area contributed by atoms with E-state index in [9.17, 15) is 18.0 Å². The molecule has 1 heterocycles. The van der Waals surface area contributed by atoms with Gasteiger partial charge in [-0.1, -0.05) is 17.7 Å². The van der Waals surface area contributed by atoms with Crippen LogP contribution in [-0.2, 0) is 29.1 Å². The summed E-state index contributed by atoms with van der Waals surface area (Å²) < 4.78 is 36.7. The first-order chi connectivity index (χ1) is 11.8. The van der Waals surface area contributed by atoms with Crippen LogP contribution in [0, 0.1) is 12.8 Å². The third-order valence-corrected chi connectivity index (χ3v) is 6.44. The molecule has 1 aliphatic rings. The van der Waals surface area contributed by atoms with Crippen LogP contribution in [0.1, 0.15) is 24.8 Å². The monoisotopic (exact) mass is 369 g/mol. The van der Waals surface area contributed by atoms with Crippen LogP contribution in [0.15, 0.2) is 29.2 Å². The molecule has 138 valence electrons. The van der Waals surface area contributed by atoms with Crippen LogP contribution in [0.25, 0.3) is 0 Å². The van der Waals surface area contributed by atoms with Crippen molar-refractivity contribution in [3.8, 4) is 0 Å². The summed E-state index contributed by atoms with van der Waals surface area (Å²) >= 11 is 0. The minimum Gasteiger partial charge on any atom is -0.469 e. The fourth-order valence-electron chi connectivity index (χ4n) is 3.11. The van der Waals surface area contributed by atoms with Gasteiger partial charge in [0.15, 0.2) is 0 Å². The summed E-state index contributed by atoms with van der Waals surface area (Å²) in [5, 5.41) is 0. The number of benzene rings is 1. The SMILES string of the molecule is COC(=O)CC[C@H]1[C@H](C(=O)OC)CCN1S(=O)(=O)c1ccc(C)cc1. The summed E-state index contributed by atoms with van der Waals surface area (Å²) in [5.41, 5.74) is 0.954. The second-order valence-electron chi connectivity index (χ2n) is 6.03. The maximum atomic E-state index is 13.0. The van der Waals surface area contributed by atoms with Crippen LogP contribution in [0.3, 0.4) is 0 Å². The second kappa shape index (κ2) is 7.97. The molecule has 2 atom stereocenters. The van der Waals surface area contributed by atoms with Crippen molar-refractivity contribution < 1.29 is 27.5 Å². The molecule has 2 rings (SSSR count). The van der Waals surface area contributed by atoms with Crippen LogP contribution in [0.5, 0.6) is 0 Å². The number of rotatable bonds is 6. The molecule has 0 N–H and O–H groups in total. The van der Waals surface area contributed by atoms with Crippen LogP contribution in [-0.4, -0.2) is 51.5 Å². The third kappa shape index (κ3) is 4.19. The first-order valence-electron chi connectivity index (χ1n) is 8.04.